The van der Waals surface area contributed by atoms with Crippen molar-refractivity contribution < 1.29 is 9.53 Å². The van der Waals surface area contributed by atoms with E-state index in [0.29, 0.717) is 13.2 Å². The largest absolute Gasteiger partial charge is 0.447 e. The first-order chi connectivity index (χ1) is 8.70. The van der Waals surface area contributed by atoms with Crippen molar-refractivity contribution in [2.24, 2.45) is 0 Å². The molecule has 0 spiro atoms. The minimum atomic E-state index is -0.309. The summed E-state index contributed by atoms with van der Waals surface area (Å²) in [4.78, 5) is 11.4. The van der Waals surface area contributed by atoms with Crippen LogP contribution in [0.2, 0.25) is 0 Å². The molecule has 18 heavy (non-hydrogen) atoms. The van der Waals surface area contributed by atoms with Gasteiger partial charge in [0.15, 0.2) is 0 Å². The number of benzene rings is 1. The van der Waals surface area contributed by atoms with Crippen molar-refractivity contribution in [1.29, 1.82) is 0 Å². The van der Waals surface area contributed by atoms with Crippen LogP contribution >= 0.6 is 0 Å². The van der Waals surface area contributed by atoms with Crippen LogP contribution in [-0.2, 0) is 4.74 Å². The van der Waals surface area contributed by atoms with E-state index in [1.54, 1.807) is 0 Å². The van der Waals surface area contributed by atoms with E-state index in [4.69, 9.17) is 4.74 Å². The van der Waals surface area contributed by atoms with Gasteiger partial charge in [-0.3, -0.25) is 0 Å². The molecule has 2 rings (SSSR count). The second kappa shape index (κ2) is 5.69. The van der Waals surface area contributed by atoms with Gasteiger partial charge < -0.3 is 4.74 Å². The van der Waals surface area contributed by atoms with E-state index in [2.05, 4.69) is 43.2 Å². The first kappa shape index (κ1) is 12.6. The molecule has 1 aromatic rings. The number of carbonyl (C=O) groups excluding carboxylic acids is 1. The molecule has 1 aromatic carbocycles. The minimum absolute atomic E-state index is 0.0498. The van der Waals surface area contributed by atoms with Gasteiger partial charge in [0.2, 0.25) is 0 Å². The van der Waals surface area contributed by atoms with Crippen molar-refractivity contribution in [2.45, 2.75) is 19.4 Å². The summed E-state index contributed by atoms with van der Waals surface area (Å²) in [5, 5.41) is 1.52. The molecule has 1 amide bonds. The molecule has 1 aliphatic heterocycles. The molecular weight excluding hydrogens is 228 g/mol. The van der Waals surface area contributed by atoms with Gasteiger partial charge in [-0.15, -0.1) is 6.58 Å². The summed E-state index contributed by atoms with van der Waals surface area (Å²) in [6.07, 6.45) is 2.29. The molecule has 1 saturated heterocycles. The molecule has 0 radical (unpaired) electrons. The predicted octanol–water partition coefficient (Wildman–Crippen LogP) is 2.57. The number of rotatable bonds is 5. The number of nitrogens with one attached hydrogen (secondary N) is 1. The maximum absolute atomic E-state index is 11.4. The van der Waals surface area contributed by atoms with Gasteiger partial charge in [-0.25, -0.2) is 15.2 Å². The lowest BCUT2D eigenvalue weighted by molar-refractivity contribution is 0.138. The Balaban J connectivity index is 2.09. The van der Waals surface area contributed by atoms with Crippen LogP contribution in [-0.4, -0.2) is 24.3 Å². The molecule has 1 atom stereocenters. The van der Waals surface area contributed by atoms with Gasteiger partial charge in [-0.2, -0.15) is 0 Å². The van der Waals surface area contributed by atoms with E-state index >= 15 is 0 Å². The molecule has 1 heterocycles. The highest BCUT2D eigenvalue weighted by atomic mass is 16.6. The van der Waals surface area contributed by atoms with Gasteiger partial charge in [0.1, 0.15) is 6.61 Å². The van der Waals surface area contributed by atoms with Gasteiger partial charge >= 0.3 is 6.09 Å². The monoisotopic (exact) mass is 246 g/mol. The summed E-state index contributed by atoms with van der Waals surface area (Å²) in [5.74, 6) is 0. The third kappa shape index (κ3) is 2.90. The lowest BCUT2D eigenvalue weighted by atomic mass is 10.0. The average molecular weight is 246 g/mol. The standard InChI is InChI=1S/C14H18N2O2/c1-3-4-13(12-7-5-11(2)6-8-12)15-16-9-10-18-14(16)17/h3,5-8,13,15H,1,4,9-10H2,2H3/t13-/m0/s1. The normalized spacial score (nSPS) is 16.5. The van der Waals surface area contributed by atoms with Gasteiger partial charge in [0.05, 0.1) is 12.6 Å². The Bertz CT molecular complexity index is 428. The number of carbonyl (C=O) groups is 1. The minimum Gasteiger partial charge on any atom is -0.447 e. The molecule has 0 bridgehead atoms. The molecule has 96 valence electrons. The number of hydrogen-bond donors (Lipinski definition) is 1. The van der Waals surface area contributed by atoms with Crippen molar-refractivity contribution in [3.05, 3.63) is 48.0 Å². The molecule has 1 aliphatic rings. The van der Waals surface area contributed by atoms with Crippen molar-refractivity contribution in [2.75, 3.05) is 13.2 Å². The fourth-order valence-electron chi connectivity index (χ4n) is 1.93. The number of aryl methyl sites for hydroxylation is 1. The molecule has 0 unspecified atom stereocenters. The number of ether oxygens (including phenoxy) is 1. The van der Waals surface area contributed by atoms with Gasteiger partial charge in [0.25, 0.3) is 0 Å². The Morgan fingerprint density at radius 2 is 2.22 bits per heavy atom. The van der Waals surface area contributed by atoms with Gasteiger partial charge in [-0.05, 0) is 18.9 Å². The average Bonchev–Trinajstić information content (AvgIpc) is 2.76. The summed E-state index contributed by atoms with van der Waals surface area (Å²) in [7, 11) is 0. The highest BCUT2D eigenvalue weighted by Crippen LogP contribution is 2.19. The molecule has 0 saturated carbocycles. The number of nitrogens with zero attached hydrogens (tertiary/aromatic N) is 1. The highest BCUT2D eigenvalue weighted by molar-refractivity contribution is 5.68. The number of hydrogen-bond acceptors (Lipinski definition) is 3. The van der Waals surface area contributed by atoms with E-state index in [1.165, 1.54) is 10.6 Å². The zero-order valence-electron chi connectivity index (χ0n) is 10.6. The Kier molecular flexibility index (Phi) is 3.99. The number of amides is 1. The van der Waals surface area contributed by atoms with Crippen LogP contribution in [0.5, 0.6) is 0 Å². The van der Waals surface area contributed by atoms with Crippen LogP contribution in [0.15, 0.2) is 36.9 Å². The molecule has 0 aliphatic carbocycles. The molecule has 4 heteroatoms. The van der Waals surface area contributed by atoms with E-state index < -0.39 is 0 Å². The van der Waals surface area contributed by atoms with Crippen LogP contribution < -0.4 is 5.43 Å². The van der Waals surface area contributed by atoms with E-state index in [1.807, 2.05) is 6.08 Å². The lowest BCUT2D eigenvalue weighted by Crippen LogP contribution is -2.41. The van der Waals surface area contributed by atoms with Crippen LogP contribution in [0.1, 0.15) is 23.6 Å². The lowest BCUT2D eigenvalue weighted by Gasteiger charge is -2.23. The fourth-order valence-corrected chi connectivity index (χ4v) is 1.93. The van der Waals surface area contributed by atoms with Gasteiger partial charge in [-0.1, -0.05) is 35.9 Å². The summed E-state index contributed by atoms with van der Waals surface area (Å²) in [6.45, 7) is 6.84. The molecule has 1 N–H and O–H groups in total. The zero-order chi connectivity index (χ0) is 13.0. The first-order valence-corrected chi connectivity index (χ1v) is 6.08. The van der Waals surface area contributed by atoms with Crippen LogP contribution in [0, 0.1) is 6.92 Å². The SMILES string of the molecule is C=CC[C@H](NN1CCOC1=O)c1ccc(C)cc1. The molecule has 0 aromatic heterocycles. The Labute approximate surface area is 107 Å². The second-order valence-corrected chi connectivity index (χ2v) is 4.38. The van der Waals surface area contributed by atoms with Crippen molar-refractivity contribution in [1.82, 2.24) is 10.4 Å². The third-order valence-electron chi connectivity index (χ3n) is 2.95. The smallest absolute Gasteiger partial charge is 0.424 e. The molecule has 4 nitrogen and oxygen atoms in total. The quantitative estimate of drug-likeness (QED) is 0.812. The third-order valence-corrected chi connectivity index (χ3v) is 2.95. The fraction of sp³-hybridized carbons (Fsp3) is 0.357. The Morgan fingerprint density at radius 3 is 2.78 bits per heavy atom. The van der Waals surface area contributed by atoms with Crippen molar-refractivity contribution in [3.63, 3.8) is 0 Å². The number of hydrazine groups is 1. The maximum atomic E-state index is 11.4. The van der Waals surface area contributed by atoms with E-state index in [9.17, 15) is 4.79 Å². The van der Waals surface area contributed by atoms with E-state index in [0.717, 1.165) is 12.0 Å². The highest BCUT2D eigenvalue weighted by Gasteiger charge is 2.24. The topological polar surface area (TPSA) is 41.6 Å². The van der Waals surface area contributed by atoms with Crippen molar-refractivity contribution in [3.8, 4) is 0 Å². The summed E-state index contributed by atoms with van der Waals surface area (Å²) >= 11 is 0. The Hall–Kier alpha value is -1.81. The summed E-state index contributed by atoms with van der Waals surface area (Å²) in [5.41, 5.74) is 5.55. The molecular formula is C14H18N2O2. The van der Waals surface area contributed by atoms with Gasteiger partial charge in [0, 0.05) is 0 Å². The second-order valence-electron chi connectivity index (χ2n) is 4.38. The van der Waals surface area contributed by atoms with Crippen molar-refractivity contribution >= 4 is 6.09 Å². The van der Waals surface area contributed by atoms with E-state index in [-0.39, 0.29) is 12.1 Å². The maximum Gasteiger partial charge on any atom is 0.424 e. The Morgan fingerprint density at radius 1 is 1.50 bits per heavy atom. The predicted molar refractivity (Wildman–Crippen MR) is 69.9 cm³/mol. The molecule has 1 fully saturated rings. The first-order valence-electron chi connectivity index (χ1n) is 6.08. The summed E-state index contributed by atoms with van der Waals surface area (Å²) in [6, 6.07) is 8.31. The van der Waals surface area contributed by atoms with Crippen LogP contribution in [0.3, 0.4) is 0 Å². The number of cyclic esters (lactones) is 1. The zero-order valence-corrected chi connectivity index (χ0v) is 10.6. The summed E-state index contributed by atoms with van der Waals surface area (Å²) < 4.78 is 4.90. The van der Waals surface area contributed by atoms with Crippen LogP contribution in [0.4, 0.5) is 4.79 Å². The van der Waals surface area contributed by atoms with Crippen LogP contribution in [0.25, 0.3) is 0 Å².